The van der Waals surface area contributed by atoms with Gasteiger partial charge in [0.05, 0.1) is 21.8 Å². The zero-order valence-corrected chi connectivity index (χ0v) is 16.6. The molecule has 0 bridgehead atoms. The van der Waals surface area contributed by atoms with Crippen molar-refractivity contribution in [1.82, 2.24) is 4.98 Å². The molecule has 0 unspecified atom stereocenters. The van der Waals surface area contributed by atoms with Crippen molar-refractivity contribution >= 4 is 28.2 Å². The highest BCUT2D eigenvalue weighted by atomic mass is 35.5. The zero-order valence-electron chi connectivity index (χ0n) is 15.8. The number of halogens is 1. The molecule has 4 rings (SSSR count). The number of phenols is 1. The Balaban J connectivity index is 1.83. The highest BCUT2D eigenvalue weighted by Gasteiger charge is 2.17. The van der Waals surface area contributed by atoms with Crippen LogP contribution in [0.25, 0.3) is 22.0 Å². The van der Waals surface area contributed by atoms with Gasteiger partial charge < -0.3 is 10.4 Å². The van der Waals surface area contributed by atoms with Crippen LogP contribution >= 0.6 is 11.6 Å². The van der Waals surface area contributed by atoms with E-state index in [4.69, 9.17) is 11.6 Å². The van der Waals surface area contributed by atoms with Crippen LogP contribution in [-0.2, 0) is 0 Å². The van der Waals surface area contributed by atoms with E-state index in [2.05, 4.69) is 22.4 Å². The molecule has 0 amide bonds. The van der Waals surface area contributed by atoms with Crippen molar-refractivity contribution in [3.8, 4) is 22.9 Å². The van der Waals surface area contributed by atoms with Gasteiger partial charge in [-0.25, -0.2) is 0 Å². The fourth-order valence-corrected chi connectivity index (χ4v) is 4.23. The number of aryl methyl sites for hydroxylation is 1. The number of hydrogen-bond acceptors (Lipinski definition) is 4. The van der Waals surface area contributed by atoms with E-state index in [0.29, 0.717) is 16.6 Å². The number of phenolic OH excluding ortho intramolecular Hbond substituents is 1. The lowest BCUT2D eigenvalue weighted by atomic mass is 9.94. The summed E-state index contributed by atoms with van der Waals surface area (Å²) >= 11 is 6.18. The molecule has 1 aromatic heterocycles. The molecule has 1 fully saturated rings. The SMILES string of the molecule is Cc1cc(-c2ccc3ncc(C#N)c(NC4CCCCC4)c3c2)cc(Cl)c1O. The molecular weight excluding hydrogens is 370 g/mol. The molecule has 3 aromatic rings. The maximum Gasteiger partial charge on any atom is 0.137 e. The van der Waals surface area contributed by atoms with Crippen molar-refractivity contribution in [2.45, 2.75) is 45.1 Å². The summed E-state index contributed by atoms with van der Waals surface area (Å²) in [7, 11) is 0. The molecule has 142 valence electrons. The summed E-state index contributed by atoms with van der Waals surface area (Å²) in [4.78, 5) is 4.46. The number of fused-ring (bicyclic) bond motifs is 1. The molecule has 1 heterocycles. The third kappa shape index (κ3) is 3.50. The molecule has 1 saturated carbocycles. The van der Waals surface area contributed by atoms with Gasteiger partial charge in [0.1, 0.15) is 11.8 Å². The largest absolute Gasteiger partial charge is 0.506 e. The van der Waals surface area contributed by atoms with E-state index in [9.17, 15) is 10.4 Å². The van der Waals surface area contributed by atoms with Gasteiger partial charge in [0, 0.05) is 17.6 Å². The minimum Gasteiger partial charge on any atom is -0.506 e. The molecule has 2 aromatic carbocycles. The Morgan fingerprint density at radius 3 is 2.64 bits per heavy atom. The summed E-state index contributed by atoms with van der Waals surface area (Å²) in [6.07, 6.45) is 7.63. The van der Waals surface area contributed by atoms with Crippen LogP contribution in [-0.4, -0.2) is 16.1 Å². The van der Waals surface area contributed by atoms with Crippen molar-refractivity contribution in [2.24, 2.45) is 0 Å². The Morgan fingerprint density at radius 2 is 1.93 bits per heavy atom. The van der Waals surface area contributed by atoms with E-state index in [1.54, 1.807) is 12.3 Å². The molecule has 5 heteroatoms. The minimum absolute atomic E-state index is 0.110. The summed E-state index contributed by atoms with van der Waals surface area (Å²) in [5.41, 5.74) is 4.90. The molecule has 28 heavy (non-hydrogen) atoms. The summed E-state index contributed by atoms with van der Waals surface area (Å²) in [5, 5.41) is 24.5. The Labute approximate surface area is 169 Å². The number of nitriles is 1. The predicted molar refractivity (Wildman–Crippen MR) is 114 cm³/mol. The quantitative estimate of drug-likeness (QED) is 0.558. The van der Waals surface area contributed by atoms with Gasteiger partial charge in [0.2, 0.25) is 0 Å². The summed E-state index contributed by atoms with van der Waals surface area (Å²) in [6, 6.07) is 12.4. The predicted octanol–water partition coefficient (Wildman–Crippen LogP) is 6.19. The molecule has 1 aliphatic rings. The second-order valence-electron chi connectivity index (χ2n) is 7.49. The minimum atomic E-state index is 0.110. The molecule has 0 atom stereocenters. The van der Waals surface area contributed by atoms with Gasteiger partial charge in [0.25, 0.3) is 0 Å². The molecule has 0 radical (unpaired) electrons. The number of aromatic nitrogens is 1. The number of rotatable bonds is 3. The van der Waals surface area contributed by atoms with Crippen LogP contribution in [0.1, 0.15) is 43.2 Å². The fraction of sp³-hybridized carbons (Fsp3) is 0.304. The number of nitrogens with zero attached hydrogens (tertiary/aromatic N) is 2. The fourth-order valence-electron chi connectivity index (χ4n) is 3.97. The van der Waals surface area contributed by atoms with Gasteiger partial charge in [-0.05, 0) is 60.7 Å². The highest BCUT2D eigenvalue weighted by molar-refractivity contribution is 6.32. The van der Waals surface area contributed by atoms with E-state index in [1.165, 1.54) is 19.3 Å². The smallest absolute Gasteiger partial charge is 0.137 e. The first kappa shape index (κ1) is 18.6. The molecule has 0 aliphatic heterocycles. The lowest BCUT2D eigenvalue weighted by molar-refractivity contribution is 0.463. The van der Waals surface area contributed by atoms with E-state index in [1.807, 2.05) is 25.1 Å². The van der Waals surface area contributed by atoms with Crippen LogP contribution in [0.3, 0.4) is 0 Å². The van der Waals surface area contributed by atoms with Crippen LogP contribution in [0.5, 0.6) is 5.75 Å². The number of nitrogens with one attached hydrogen (secondary N) is 1. The molecule has 4 nitrogen and oxygen atoms in total. The van der Waals surface area contributed by atoms with Crippen LogP contribution in [0, 0.1) is 18.3 Å². The summed E-state index contributed by atoms with van der Waals surface area (Å²) in [5.74, 6) is 0.110. The first-order valence-electron chi connectivity index (χ1n) is 9.65. The average Bonchev–Trinajstić information content (AvgIpc) is 2.72. The van der Waals surface area contributed by atoms with Crippen LogP contribution in [0.2, 0.25) is 5.02 Å². The number of hydrogen-bond donors (Lipinski definition) is 2. The third-order valence-corrected chi connectivity index (χ3v) is 5.82. The molecule has 2 N–H and O–H groups in total. The van der Waals surface area contributed by atoms with Gasteiger partial charge in [-0.1, -0.05) is 36.9 Å². The van der Waals surface area contributed by atoms with Crippen molar-refractivity contribution in [1.29, 1.82) is 5.26 Å². The van der Waals surface area contributed by atoms with E-state index in [0.717, 1.165) is 46.1 Å². The number of aromatic hydroxyl groups is 1. The normalized spacial score (nSPS) is 14.8. The zero-order chi connectivity index (χ0) is 19.7. The standard InChI is InChI=1S/C23H22ClN3O/c1-14-9-16(11-20(24)23(14)28)15-7-8-21-19(10-15)22(17(12-25)13-26-21)27-18-5-3-2-4-6-18/h7-11,13,18,28H,2-6H2,1H3,(H,26,27). The third-order valence-electron chi connectivity index (χ3n) is 5.53. The van der Waals surface area contributed by atoms with Gasteiger partial charge in [-0.2, -0.15) is 5.26 Å². The lowest BCUT2D eigenvalue weighted by Crippen LogP contribution is -2.23. The maximum atomic E-state index is 9.96. The van der Waals surface area contributed by atoms with E-state index < -0.39 is 0 Å². The number of pyridine rings is 1. The van der Waals surface area contributed by atoms with Crippen molar-refractivity contribution in [3.63, 3.8) is 0 Å². The van der Waals surface area contributed by atoms with Gasteiger partial charge in [-0.3, -0.25) is 4.98 Å². The van der Waals surface area contributed by atoms with Crippen LogP contribution < -0.4 is 5.32 Å². The van der Waals surface area contributed by atoms with Crippen molar-refractivity contribution in [2.75, 3.05) is 5.32 Å². The molecule has 0 spiro atoms. The van der Waals surface area contributed by atoms with Gasteiger partial charge in [0.15, 0.2) is 0 Å². The Morgan fingerprint density at radius 1 is 1.14 bits per heavy atom. The first-order valence-corrected chi connectivity index (χ1v) is 10.0. The maximum absolute atomic E-state index is 9.96. The Kier molecular flexibility index (Phi) is 5.11. The summed E-state index contributed by atoms with van der Waals surface area (Å²) in [6.45, 7) is 1.83. The Hall–Kier alpha value is -2.77. The summed E-state index contributed by atoms with van der Waals surface area (Å²) < 4.78 is 0. The van der Waals surface area contributed by atoms with Crippen LogP contribution in [0.4, 0.5) is 5.69 Å². The first-order chi connectivity index (χ1) is 13.6. The lowest BCUT2D eigenvalue weighted by Gasteiger charge is -2.25. The van der Waals surface area contributed by atoms with E-state index >= 15 is 0 Å². The second-order valence-corrected chi connectivity index (χ2v) is 7.90. The topological polar surface area (TPSA) is 68.9 Å². The Bertz CT molecular complexity index is 1060. The van der Waals surface area contributed by atoms with Crippen LogP contribution in [0.15, 0.2) is 36.5 Å². The van der Waals surface area contributed by atoms with Gasteiger partial charge >= 0.3 is 0 Å². The van der Waals surface area contributed by atoms with E-state index in [-0.39, 0.29) is 5.75 Å². The highest BCUT2D eigenvalue weighted by Crippen LogP contribution is 2.36. The number of benzene rings is 2. The molecular formula is C23H22ClN3O. The molecule has 1 aliphatic carbocycles. The van der Waals surface area contributed by atoms with Gasteiger partial charge in [-0.15, -0.1) is 0 Å². The number of anilines is 1. The molecule has 0 saturated heterocycles. The average molecular weight is 392 g/mol. The monoisotopic (exact) mass is 391 g/mol. The van der Waals surface area contributed by atoms with Crippen molar-refractivity contribution in [3.05, 3.63) is 52.7 Å². The second kappa shape index (κ2) is 7.69. The van der Waals surface area contributed by atoms with Crippen molar-refractivity contribution < 1.29 is 5.11 Å².